The molecule has 2 heterocycles. The number of hydrogen-bond acceptors (Lipinski definition) is 3. The van der Waals surface area contributed by atoms with Crippen molar-refractivity contribution in [1.29, 1.82) is 0 Å². The molecule has 4 nitrogen and oxygen atoms in total. The molecular formula is C21H23N3O. The van der Waals surface area contributed by atoms with Crippen LogP contribution < -0.4 is 10.3 Å². The third kappa shape index (κ3) is 3.05. The Balaban J connectivity index is 1.68. The molecule has 0 aliphatic carbocycles. The van der Waals surface area contributed by atoms with Gasteiger partial charge < -0.3 is 5.32 Å². The van der Waals surface area contributed by atoms with E-state index in [9.17, 15) is 4.79 Å². The van der Waals surface area contributed by atoms with Gasteiger partial charge in [0, 0.05) is 30.7 Å². The molecule has 0 radical (unpaired) electrons. The van der Waals surface area contributed by atoms with Gasteiger partial charge in [-0.25, -0.2) is 0 Å². The first kappa shape index (κ1) is 15.9. The van der Waals surface area contributed by atoms with Gasteiger partial charge in [0.25, 0.3) is 0 Å². The molecule has 3 aromatic rings. The number of benzene rings is 2. The molecular weight excluding hydrogens is 310 g/mol. The van der Waals surface area contributed by atoms with Crippen LogP contribution in [0.3, 0.4) is 0 Å². The average molecular weight is 333 g/mol. The zero-order valence-electron chi connectivity index (χ0n) is 14.4. The molecule has 2 unspecified atom stereocenters. The van der Waals surface area contributed by atoms with Crippen molar-refractivity contribution in [1.82, 2.24) is 9.99 Å². The second kappa shape index (κ2) is 6.73. The van der Waals surface area contributed by atoms with E-state index in [1.807, 2.05) is 18.2 Å². The average Bonchev–Trinajstić information content (AvgIpc) is 3.06. The van der Waals surface area contributed by atoms with Gasteiger partial charge in [-0.1, -0.05) is 48.5 Å². The van der Waals surface area contributed by atoms with Crippen LogP contribution in [-0.2, 0) is 11.2 Å². The zero-order chi connectivity index (χ0) is 17.2. The fraction of sp³-hybridized carbons (Fsp3) is 0.286. The van der Waals surface area contributed by atoms with E-state index in [0.717, 1.165) is 25.0 Å². The Hall–Kier alpha value is -2.59. The van der Waals surface area contributed by atoms with E-state index in [4.69, 9.17) is 0 Å². The Morgan fingerprint density at radius 1 is 1.08 bits per heavy atom. The summed E-state index contributed by atoms with van der Waals surface area (Å²) in [5, 5.41) is 6.98. The van der Waals surface area contributed by atoms with Crippen molar-refractivity contribution in [3.8, 4) is 0 Å². The number of fused-ring (bicyclic) bond motifs is 1. The molecule has 2 aromatic carbocycles. The molecule has 25 heavy (non-hydrogen) atoms. The molecule has 1 N–H and O–H groups in total. The second-order valence-corrected chi connectivity index (χ2v) is 6.69. The first-order chi connectivity index (χ1) is 12.2. The van der Waals surface area contributed by atoms with Crippen LogP contribution >= 0.6 is 0 Å². The summed E-state index contributed by atoms with van der Waals surface area (Å²) in [5.41, 5.74) is 2.40. The van der Waals surface area contributed by atoms with Crippen LogP contribution in [0.1, 0.15) is 12.5 Å². The highest BCUT2D eigenvalue weighted by molar-refractivity contribution is 5.86. The van der Waals surface area contributed by atoms with E-state index >= 15 is 0 Å². The van der Waals surface area contributed by atoms with Crippen molar-refractivity contribution < 1.29 is 4.79 Å². The molecule has 1 aliphatic rings. The van der Waals surface area contributed by atoms with Gasteiger partial charge in [0.1, 0.15) is 6.04 Å². The highest BCUT2D eigenvalue weighted by Gasteiger charge is 2.35. The minimum absolute atomic E-state index is 0.106. The van der Waals surface area contributed by atoms with E-state index in [1.54, 1.807) is 6.92 Å². The Morgan fingerprint density at radius 3 is 2.64 bits per heavy atom. The van der Waals surface area contributed by atoms with Crippen molar-refractivity contribution in [3.05, 3.63) is 72.4 Å². The van der Waals surface area contributed by atoms with Gasteiger partial charge in [0.15, 0.2) is 5.78 Å². The number of carbonyl (C=O) groups is 1. The minimum Gasteiger partial charge on any atom is -0.309 e. The highest BCUT2D eigenvalue weighted by Crippen LogP contribution is 2.20. The number of hydrogen-bond donors (Lipinski definition) is 1. The van der Waals surface area contributed by atoms with Crippen LogP contribution in [0.2, 0.25) is 0 Å². The lowest BCUT2D eigenvalue weighted by atomic mass is 9.94. The van der Waals surface area contributed by atoms with Crippen LogP contribution in [0.15, 0.2) is 66.9 Å². The zero-order valence-corrected chi connectivity index (χ0v) is 14.4. The first-order valence-corrected chi connectivity index (χ1v) is 8.85. The molecule has 1 aliphatic heterocycles. The van der Waals surface area contributed by atoms with Crippen molar-refractivity contribution in [2.45, 2.75) is 25.4 Å². The highest BCUT2D eigenvalue weighted by atomic mass is 16.1. The number of carbonyl (C=O) groups excluding carboxylic acids is 1. The molecule has 128 valence electrons. The number of rotatable bonds is 4. The monoisotopic (exact) mass is 333 g/mol. The van der Waals surface area contributed by atoms with Crippen molar-refractivity contribution in [2.75, 3.05) is 18.1 Å². The Kier molecular flexibility index (Phi) is 4.28. The number of ketones is 1. The van der Waals surface area contributed by atoms with E-state index in [2.05, 4.69) is 63.7 Å². The van der Waals surface area contributed by atoms with Crippen LogP contribution in [0.25, 0.3) is 10.9 Å². The Bertz CT molecular complexity index is 871. The van der Waals surface area contributed by atoms with Gasteiger partial charge in [-0.15, -0.1) is 0 Å². The Morgan fingerprint density at radius 2 is 1.84 bits per heavy atom. The molecule has 0 amide bonds. The fourth-order valence-electron chi connectivity index (χ4n) is 3.90. The fourth-order valence-corrected chi connectivity index (χ4v) is 3.90. The lowest BCUT2D eigenvalue weighted by Crippen LogP contribution is -2.64. The van der Waals surface area contributed by atoms with Gasteiger partial charge in [0.2, 0.25) is 0 Å². The molecule has 0 bridgehead atoms. The molecule has 0 spiro atoms. The second-order valence-electron chi connectivity index (χ2n) is 6.69. The molecule has 1 saturated heterocycles. The van der Waals surface area contributed by atoms with Crippen LogP contribution in [0, 0.1) is 0 Å². The normalized spacial score (nSPS) is 20.8. The first-order valence-electron chi connectivity index (χ1n) is 8.85. The summed E-state index contributed by atoms with van der Waals surface area (Å²) in [7, 11) is 0. The van der Waals surface area contributed by atoms with Crippen molar-refractivity contribution in [2.24, 2.45) is 0 Å². The topological polar surface area (TPSA) is 37.3 Å². The molecule has 1 aromatic heterocycles. The predicted octanol–water partition coefficient (Wildman–Crippen LogP) is 2.75. The van der Waals surface area contributed by atoms with Crippen LogP contribution in [0.4, 0.5) is 0 Å². The number of piperazine rings is 1. The van der Waals surface area contributed by atoms with E-state index in [1.165, 1.54) is 10.9 Å². The molecule has 1 fully saturated rings. The summed E-state index contributed by atoms with van der Waals surface area (Å²) in [4.78, 5) is 12.5. The molecule has 2 atom stereocenters. The van der Waals surface area contributed by atoms with Crippen molar-refractivity contribution in [3.63, 3.8) is 0 Å². The van der Waals surface area contributed by atoms with Gasteiger partial charge in [-0.2, -0.15) is 0 Å². The summed E-state index contributed by atoms with van der Waals surface area (Å²) in [6, 6.07) is 20.7. The molecule has 0 saturated carbocycles. The SMILES string of the molecule is CC(=O)C1C(Cc2ccccc2)NCCN1n1ccc2ccccc21. The van der Waals surface area contributed by atoms with Gasteiger partial charge in [-0.05, 0) is 31.0 Å². The summed E-state index contributed by atoms with van der Waals surface area (Å²) in [5.74, 6) is 0.200. The molecule has 4 rings (SSSR count). The maximum Gasteiger partial charge on any atom is 0.155 e. The van der Waals surface area contributed by atoms with Crippen LogP contribution in [0.5, 0.6) is 0 Å². The largest absolute Gasteiger partial charge is 0.309 e. The third-order valence-corrected chi connectivity index (χ3v) is 5.02. The lowest BCUT2D eigenvalue weighted by Gasteiger charge is -2.42. The summed E-state index contributed by atoms with van der Waals surface area (Å²) in [6.07, 6.45) is 2.92. The summed E-state index contributed by atoms with van der Waals surface area (Å²) in [6.45, 7) is 3.39. The third-order valence-electron chi connectivity index (χ3n) is 5.02. The number of nitrogens with one attached hydrogen (secondary N) is 1. The summed E-state index contributed by atoms with van der Waals surface area (Å²) < 4.78 is 2.15. The maximum atomic E-state index is 12.5. The van der Waals surface area contributed by atoms with E-state index < -0.39 is 0 Å². The maximum absolute atomic E-state index is 12.5. The lowest BCUT2D eigenvalue weighted by molar-refractivity contribution is -0.119. The quantitative estimate of drug-likeness (QED) is 0.798. The smallest absolute Gasteiger partial charge is 0.155 e. The number of Topliss-reactive ketones (excluding diaryl/α,β-unsaturated/α-hetero) is 1. The predicted molar refractivity (Wildman–Crippen MR) is 101 cm³/mol. The Labute approximate surface area is 148 Å². The van der Waals surface area contributed by atoms with Gasteiger partial charge in [0.05, 0.1) is 5.52 Å². The van der Waals surface area contributed by atoms with Gasteiger partial charge >= 0.3 is 0 Å². The summed E-state index contributed by atoms with van der Waals surface area (Å²) >= 11 is 0. The van der Waals surface area contributed by atoms with Crippen LogP contribution in [-0.4, -0.2) is 35.6 Å². The standard InChI is InChI=1S/C21H23N3O/c1-16(25)21-19(15-17-7-3-2-4-8-17)22-12-14-24(21)23-13-11-18-9-5-6-10-20(18)23/h2-11,13,19,21-22H,12,14-15H2,1H3. The number of nitrogens with zero attached hydrogens (tertiary/aromatic N) is 2. The number of para-hydroxylation sites is 1. The number of aromatic nitrogens is 1. The van der Waals surface area contributed by atoms with E-state index in [-0.39, 0.29) is 17.9 Å². The minimum atomic E-state index is -0.176. The van der Waals surface area contributed by atoms with Crippen molar-refractivity contribution >= 4 is 16.7 Å². The van der Waals surface area contributed by atoms with Gasteiger partial charge in [-0.3, -0.25) is 14.5 Å². The molecule has 4 heteroatoms. The van der Waals surface area contributed by atoms with E-state index in [0.29, 0.717) is 0 Å².